The third kappa shape index (κ3) is 3.49. The molecule has 0 saturated carbocycles. The Morgan fingerprint density at radius 2 is 2.12 bits per heavy atom. The molecule has 1 amide bonds. The van der Waals surface area contributed by atoms with Gasteiger partial charge >= 0.3 is 0 Å². The predicted octanol–water partition coefficient (Wildman–Crippen LogP) is 2.81. The third-order valence-electron chi connectivity index (χ3n) is 3.60. The van der Waals surface area contributed by atoms with E-state index in [0.29, 0.717) is 23.1 Å². The Bertz CT molecular complexity index is 864. The molecule has 7 heteroatoms. The molecule has 24 heavy (non-hydrogen) atoms. The summed E-state index contributed by atoms with van der Waals surface area (Å²) in [7, 11) is 1.71. The summed E-state index contributed by atoms with van der Waals surface area (Å²) >= 11 is 5.93. The fourth-order valence-corrected chi connectivity index (χ4v) is 2.57. The number of halogens is 1. The van der Waals surface area contributed by atoms with Gasteiger partial charge in [0.15, 0.2) is 17.6 Å². The zero-order valence-electron chi connectivity index (χ0n) is 13.4. The zero-order chi connectivity index (χ0) is 17.1. The molecular weight excluding hydrogens is 328 g/mol. The third-order valence-corrected chi connectivity index (χ3v) is 3.83. The molecule has 6 nitrogen and oxygen atoms in total. The molecule has 3 aromatic rings. The molecule has 0 aliphatic carbocycles. The van der Waals surface area contributed by atoms with Crippen molar-refractivity contribution in [3.63, 3.8) is 0 Å². The fourth-order valence-electron chi connectivity index (χ4n) is 2.39. The van der Waals surface area contributed by atoms with Crippen molar-refractivity contribution in [3.8, 4) is 5.75 Å². The second kappa shape index (κ2) is 6.88. The van der Waals surface area contributed by atoms with Crippen LogP contribution >= 0.6 is 11.6 Å². The Balaban J connectivity index is 1.67. The number of amides is 1. The van der Waals surface area contributed by atoms with Gasteiger partial charge in [-0.25, -0.2) is 0 Å². The molecule has 124 valence electrons. The van der Waals surface area contributed by atoms with Crippen LogP contribution in [0.5, 0.6) is 5.75 Å². The van der Waals surface area contributed by atoms with Crippen LogP contribution in [-0.4, -0.2) is 38.6 Å². The summed E-state index contributed by atoms with van der Waals surface area (Å²) in [5.74, 6) is 1.10. The van der Waals surface area contributed by atoms with Crippen LogP contribution in [0.2, 0.25) is 5.02 Å². The fraction of sp³-hybridized carbons (Fsp3) is 0.235. The average molecular weight is 345 g/mol. The van der Waals surface area contributed by atoms with Gasteiger partial charge in [0.25, 0.3) is 5.91 Å². The number of hydrogen-bond donors (Lipinski definition) is 0. The molecule has 0 unspecified atom stereocenters. The van der Waals surface area contributed by atoms with Crippen molar-refractivity contribution in [2.24, 2.45) is 0 Å². The minimum absolute atomic E-state index is 0.150. The van der Waals surface area contributed by atoms with E-state index in [-0.39, 0.29) is 5.91 Å². The lowest BCUT2D eigenvalue weighted by Crippen LogP contribution is -2.37. The standard InChI is InChI=1S/C17H17ClN4O2/c1-12(24-14-7-5-6-13(18)10-14)17(23)21(2)11-16-20-19-15-8-3-4-9-22(15)16/h3-10,12H,11H2,1-2H3/t12-/m1/s1. The van der Waals surface area contributed by atoms with Crippen molar-refractivity contribution in [3.05, 3.63) is 59.5 Å². The van der Waals surface area contributed by atoms with Gasteiger partial charge in [-0.05, 0) is 37.3 Å². The van der Waals surface area contributed by atoms with Gasteiger partial charge in [-0.3, -0.25) is 9.20 Å². The van der Waals surface area contributed by atoms with Crippen LogP contribution in [0.3, 0.4) is 0 Å². The van der Waals surface area contributed by atoms with Crippen LogP contribution in [0, 0.1) is 0 Å². The van der Waals surface area contributed by atoms with E-state index < -0.39 is 6.10 Å². The van der Waals surface area contributed by atoms with Gasteiger partial charge < -0.3 is 9.64 Å². The summed E-state index contributed by atoms with van der Waals surface area (Å²) in [6, 6.07) is 12.6. The van der Waals surface area contributed by atoms with E-state index in [2.05, 4.69) is 10.2 Å². The van der Waals surface area contributed by atoms with E-state index in [1.54, 1.807) is 43.1 Å². The summed E-state index contributed by atoms with van der Waals surface area (Å²) < 4.78 is 7.52. The number of aromatic nitrogens is 3. The van der Waals surface area contributed by atoms with Crippen molar-refractivity contribution >= 4 is 23.2 Å². The van der Waals surface area contributed by atoms with Crippen LogP contribution in [0.25, 0.3) is 5.65 Å². The second-order valence-electron chi connectivity index (χ2n) is 5.46. The van der Waals surface area contributed by atoms with Crippen molar-refractivity contribution in [2.45, 2.75) is 19.6 Å². The number of carbonyl (C=O) groups excluding carboxylic acids is 1. The summed E-state index contributed by atoms with van der Waals surface area (Å²) in [5, 5.41) is 8.78. The maximum Gasteiger partial charge on any atom is 0.263 e. The van der Waals surface area contributed by atoms with Crippen molar-refractivity contribution in [1.82, 2.24) is 19.5 Å². The van der Waals surface area contributed by atoms with Gasteiger partial charge in [-0.15, -0.1) is 10.2 Å². The monoisotopic (exact) mass is 344 g/mol. The van der Waals surface area contributed by atoms with Crippen molar-refractivity contribution in [1.29, 1.82) is 0 Å². The minimum atomic E-state index is -0.632. The molecule has 3 rings (SSSR count). The first kappa shape index (κ1) is 16.3. The molecule has 1 aromatic carbocycles. The molecule has 2 heterocycles. The van der Waals surface area contributed by atoms with Crippen molar-refractivity contribution < 1.29 is 9.53 Å². The summed E-state index contributed by atoms with van der Waals surface area (Å²) in [6.07, 6.45) is 1.24. The average Bonchev–Trinajstić information content (AvgIpc) is 2.97. The number of likely N-dealkylation sites (N-methyl/N-ethyl adjacent to an activating group) is 1. The molecule has 1 atom stereocenters. The van der Waals surface area contributed by atoms with Gasteiger partial charge in [-0.1, -0.05) is 23.7 Å². The molecule has 0 spiro atoms. The number of rotatable bonds is 5. The molecular formula is C17H17ClN4O2. The summed E-state index contributed by atoms with van der Waals surface area (Å²) in [5.41, 5.74) is 0.747. The molecule has 0 aliphatic heterocycles. The van der Waals surface area contributed by atoms with Crippen LogP contribution in [0.15, 0.2) is 48.7 Å². The Hall–Kier alpha value is -2.60. The van der Waals surface area contributed by atoms with E-state index in [4.69, 9.17) is 16.3 Å². The molecule has 0 aliphatic rings. The lowest BCUT2D eigenvalue weighted by atomic mass is 10.3. The number of nitrogens with zero attached hydrogens (tertiary/aromatic N) is 4. The van der Waals surface area contributed by atoms with Crippen LogP contribution in [0.4, 0.5) is 0 Å². The van der Waals surface area contributed by atoms with E-state index in [1.807, 2.05) is 28.8 Å². The van der Waals surface area contributed by atoms with Gasteiger partial charge in [0.05, 0.1) is 6.54 Å². The summed E-state index contributed by atoms with van der Waals surface area (Å²) in [6.45, 7) is 2.05. The minimum Gasteiger partial charge on any atom is -0.481 e. The number of carbonyl (C=O) groups is 1. The lowest BCUT2D eigenvalue weighted by molar-refractivity contribution is -0.137. The first-order valence-corrected chi connectivity index (χ1v) is 7.88. The molecule has 0 fully saturated rings. The quantitative estimate of drug-likeness (QED) is 0.714. The first-order valence-electron chi connectivity index (χ1n) is 7.50. The van der Waals surface area contributed by atoms with E-state index in [0.717, 1.165) is 5.65 Å². The number of pyridine rings is 1. The van der Waals surface area contributed by atoms with Gasteiger partial charge in [0.2, 0.25) is 0 Å². The number of benzene rings is 1. The number of ether oxygens (including phenoxy) is 1. The molecule has 0 bridgehead atoms. The van der Waals surface area contributed by atoms with Gasteiger partial charge in [-0.2, -0.15) is 0 Å². The largest absolute Gasteiger partial charge is 0.481 e. The summed E-state index contributed by atoms with van der Waals surface area (Å²) in [4.78, 5) is 14.1. The first-order chi connectivity index (χ1) is 11.5. The van der Waals surface area contributed by atoms with E-state index in [1.165, 1.54) is 0 Å². The SMILES string of the molecule is C[C@@H](Oc1cccc(Cl)c1)C(=O)N(C)Cc1nnc2ccccn12. The molecule has 0 saturated heterocycles. The zero-order valence-corrected chi connectivity index (χ0v) is 14.1. The highest BCUT2D eigenvalue weighted by molar-refractivity contribution is 6.30. The van der Waals surface area contributed by atoms with Crippen LogP contribution in [0.1, 0.15) is 12.7 Å². The lowest BCUT2D eigenvalue weighted by Gasteiger charge is -2.21. The van der Waals surface area contributed by atoms with Gasteiger partial charge in [0.1, 0.15) is 5.75 Å². The second-order valence-corrected chi connectivity index (χ2v) is 5.89. The Kier molecular flexibility index (Phi) is 4.66. The smallest absolute Gasteiger partial charge is 0.263 e. The maximum atomic E-state index is 12.5. The normalized spacial score (nSPS) is 12.1. The highest BCUT2D eigenvalue weighted by Crippen LogP contribution is 2.19. The molecule has 2 aromatic heterocycles. The Morgan fingerprint density at radius 3 is 2.92 bits per heavy atom. The number of fused-ring (bicyclic) bond motifs is 1. The van der Waals surface area contributed by atoms with E-state index in [9.17, 15) is 4.79 Å². The highest BCUT2D eigenvalue weighted by atomic mass is 35.5. The van der Waals surface area contributed by atoms with E-state index >= 15 is 0 Å². The van der Waals surface area contributed by atoms with Crippen molar-refractivity contribution in [2.75, 3.05) is 7.05 Å². The topological polar surface area (TPSA) is 59.7 Å². The Labute approximate surface area is 144 Å². The Morgan fingerprint density at radius 1 is 1.29 bits per heavy atom. The highest BCUT2D eigenvalue weighted by Gasteiger charge is 2.21. The van der Waals surface area contributed by atoms with Crippen LogP contribution < -0.4 is 4.74 Å². The van der Waals surface area contributed by atoms with Gasteiger partial charge in [0, 0.05) is 18.3 Å². The predicted molar refractivity (Wildman–Crippen MR) is 91.0 cm³/mol. The number of hydrogen-bond acceptors (Lipinski definition) is 4. The maximum absolute atomic E-state index is 12.5. The van der Waals surface area contributed by atoms with Crippen LogP contribution in [-0.2, 0) is 11.3 Å². The molecule has 0 N–H and O–H groups in total. The molecule has 0 radical (unpaired) electrons.